The number of carbonyl (C=O) groups is 2. The smallest absolute Gasteiger partial charge is 0.309 e. The van der Waals surface area contributed by atoms with E-state index in [2.05, 4.69) is 0 Å². The first kappa shape index (κ1) is 11.9. The number of carboxylic acids is 2. The van der Waals surface area contributed by atoms with Crippen LogP contribution in [0.25, 0.3) is 0 Å². The standard InChI is InChI=1S/C8H14O5/c1-8(7(12)13,3-2-4-9)5-6(10)11/h9H,2-5H2,1H3,(H,10,11)(H,12,13). The van der Waals surface area contributed by atoms with Gasteiger partial charge in [-0.1, -0.05) is 0 Å². The van der Waals surface area contributed by atoms with Crippen LogP contribution in [-0.2, 0) is 9.59 Å². The Balaban J connectivity index is 4.34. The molecule has 0 aliphatic carbocycles. The zero-order valence-electron chi connectivity index (χ0n) is 7.49. The summed E-state index contributed by atoms with van der Waals surface area (Å²) >= 11 is 0. The van der Waals surface area contributed by atoms with Crippen molar-refractivity contribution in [2.24, 2.45) is 5.41 Å². The van der Waals surface area contributed by atoms with Crippen LogP contribution in [0.1, 0.15) is 26.2 Å². The molecule has 5 heteroatoms. The van der Waals surface area contributed by atoms with Gasteiger partial charge in [-0.15, -0.1) is 0 Å². The molecule has 0 aromatic rings. The van der Waals surface area contributed by atoms with E-state index in [9.17, 15) is 9.59 Å². The van der Waals surface area contributed by atoms with Crippen molar-refractivity contribution >= 4 is 11.9 Å². The van der Waals surface area contributed by atoms with Crippen molar-refractivity contribution < 1.29 is 24.9 Å². The average Bonchev–Trinajstić information content (AvgIpc) is 1.99. The number of aliphatic hydroxyl groups is 1. The molecule has 0 rings (SSSR count). The summed E-state index contributed by atoms with van der Waals surface area (Å²) in [4.78, 5) is 21.1. The van der Waals surface area contributed by atoms with Crippen molar-refractivity contribution in [2.75, 3.05) is 6.61 Å². The number of carboxylic acid groups (broad SMARTS) is 2. The lowest BCUT2D eigenvalue weighted by Crippen LogP contribution is -2.30. The summed E-state index contributed by atoms with van der Waals surface area (Å²) in [5.74, 6) is -2.27. The Hall–Kier alpha value is -1.10. The normalized spacial score (nSPS) is 14.9. The molecule has 0 aliphatic heterocycles. The first-order valence-corrected chi connectivity index (χ1v) is 3.98. The average molecular weight is 190 g/mol. The van der Waals surface area contributed by atoms with Gasteiger partial charge in [0.15, 0.2) is 0 Å². The van der Waals surface area contributed by atoms with Gasteiger partial charge in [-0.05, 0) is 19.8 Å². The van der Waals surface area contributed by atoms with Gasteiger partial charge in [-0.2, -0.15) is 0 Å². The maximum atomic E-state index is 10.7. The van der Waals surface area contributed by atoms with E-state index in [-0.39, 0.29) is 13.0 Å². The highest BCUT2D eigenvalue weighted by molar-refractivity contribution is 5.80. The fourth-order valence-corrected chi connectivity index (χ4v) is 1.07. The third-order valence-electron chi connectivity index (χ3n) is 1.94. The molecule has 5 nitrogen and oxygen atoms in total. The molecule has 0 amide bonds. The molecule has 13 heavy (non-hydrogen) atoms. The molecule has 3 N–H and O–H groups in total. The summed E-state index contributed by atoms with van der Waals surface area (Å²) < 4.78 is 0. The molecule has 1 atom stereocenters. The van der Waals surface area contributed by atoms with Gasteiger partial charge in [0.05, 0.1) is 11.8 Å². The molecule has 0 aromatic heterocycles. The number of aliphatic hydroxyl groups excluding tert-OH is 1. The second kappa shape index (κ2) is 4.81. The Morgan fingerprint density at radius 2 is 1.85 bits per heavy atom. The molecule has 1 unspecified atom stereocenters. The minimum absolute atomic E-state index is 0.123. The number of rotatable bonds is 6. The lowest BCUT2D eigenvalue weighted by Gasteiger charge is -2.21. The molecule has 0 aliphatic rings. The van der Waals surface area contributed by atoms with Gasteiger partial charge in [0.2, 0.25) is 0 Å². The highest BCUT2D eigenvalue weighted by Crippen LogP contribution is 2.27. The quantitative estimate of drug-likeness (QED) is 0.560. The molecule has 76 valence electrons. The minimum Gasteiger partial charge on any atom is -0.481 e. The van der Waals surface area contributed by atoms with Crippen LogP contribution in [0.2, 0.25) is 0 Å². The molecule has 0 aromatic carbocycles. The molecular formula is C8H14O5. The first-order valence-electron chi connectivity index (χ1n) is 3.98. The van der Waals surface area contributed by atoms with Crippen molar-refractivity contribution in [3.05, 3.63) is 0 Å². The summed E-state index contributed by atoms with van der Waals surface area (Å²) in [6.45, 7) is 1.25. The van der Waals surface area contributed by atoms with Crippen molar-refractivity contribution in [1.29, 1.82) is 0 Å². The van der Waals surface area contributed by atoms with E-state index in [1.54, 1.807) is 0 Å². The molecule has 0 bridgehead atoms. The Labute approximate surface area is 76.0 Å². The van der Waals surface area contributed by atoms with Crippen LogP contribution < -0.4 is 0 Å². The highest BCUT2D eigenvalue weighted by atomic mass is 16.4. The van der Waals surface area contributed by atoms with Gasteiger partial charge in [-0.25, -0.2) is 0 Å². The molecule has 0 heterocycles. The van der Waals surface area contributed by atoms with E-state index in [1.807, 2.05) is 0 Å². The van der Waals surface area contributed by atoms with E-state index in [4.69, 9.17) is 15.3 Å². The third kappa shape index (κ3) is 3.89. The van der Waals surface area contributed by atoms with Gasteiger partial charge in [-0.3, -0.25) is 9.59 Å². The van der Waals surface area contributed by atoms with E-state index < -0.39 is 23.8 Å². The third-order valence-corrected chi connectivity index (χ3v) is 1.94. The van der Waals surface area contributed by atoms with Gasteiger partial charge in [0.25, 0.3) is 0 Å². The fourth-order valence-electron chi connectivity index (χ4n) is 1.07. The molecule has 0 radical (unpaired) electrons. The van der Waals surface area contributed by atoms with Gasteiger partial charge < -0.3 is 15.3 Å². The largest absolute Gasteiger partial charge is 0.481 e. The number of hydrogen-bond acceptors (Lipinski definition) is 3. The van der Waals surface area contributed by atoms with Crippen LogP contribution in [-0.4, -0.2) is 33.9 Å². The van der Waals surface area contributed by atoms with Crippen molar-refractivity contribution in [2.45, 2.75) is 26.2 Å². The van der Waals surface area contributed by atoms with E-state index in [0.717, 1.165) is 0 Å². The zero-order valence-corrected chi connectivity index (χ0v) is 7.49. The topological polar surface area (TPSA) is 94.8 Å². The SMILES string of the molecule is CC(CCCO)(CC(=O)O)C(=O)O. The maximum Gasteiger partial charge on any atom is 0.309 e. The van der Waals surface area contributed by atoms with Crippen LogP contribution in [0.15, 0.2) is 0 Å². The number of aliphatic carboxylic acids is 2. The second-order valence-corrected chi connectivity index (χ2v) is 3.26. The van der Waals surface area contributed by atoms with E-state index in [1.165, 1.54) is 6.92 Å². The second-order valence-electron chi connectivity index (χ2n) is 3.26. The first-order chi connectivity index (χ1) is 5.92. The lowest BCUT2D eigenvalue weighted by atomic mass is 9.82. The predicted molar refractivity (Wildman–Crippen MR) is 44.3 cm³/mol. The lowest BCUT2D eigenvalue weighted by molar-refractivity contribution is -0.155. The van der Waals surface area contributed by atoms with Gasteiger partial charge in [0, 0.05) is 6.61 Å². The fraction of sp³-hybridized carbons (Fsp3) is 0.750. The molecule has 0 fully saturated rings. The Morgan fingerprint density at radius 3 is 2.15 bits per heavy atom. The summed E-state index contributed by atoms with van der Waals surface area (Å²) in [6, 6.07) is 0. The van der Waals surface area contributed by atoms with Crippen LogP contribution >= 0.6 is 0 Å². The van der Waals surface area contributed by atoms with Crippen LogP contribution in [0, 0.1) is 5.41 Å². The summed E-state index contributed by atoms with van der Waals surface area (Å²) in [5.41, 5.74) is -1.27. The van der Waals surface area contributed by atoms with Crippen molar-refractivity contribution in [1.82, 2.24) is 0 Å². The highest BCUT2D eigenvalue weighted by Gasteiger charge is 2.34. The van der Waals surface area contributed by atoms with E-state index in [0.29, 0.717) is 6.42 Å². The Kier molecular flexibility index (Phi) is 4.40. The summed E-state index contributed by atoms with van der Waals surface area (Å²) in [5, 5.41) is 25.7. The van der Waals surface area contributed by atoms with Crippen LogP contribution in [0.5, 0.6) is 0 Å². The molecule has 0 saturated carbocycles. The minimum atomic E-state index is -1.27. The number of hydrogen-bond donors (Lipinski definition) is 3. The predicted octanol–water partition coefficient (Wildman–Crippen LogP) is 0.325. The van der Waals surface area contributed by atoms with Gasteiger partial charge in [0.1, 0.15) is 0 Å². The van der Waals surface area contributed by atoms with Crippen LogP contribution in [0.3, 0.4) is 0 Å². The Bertz CT molecular complexity index is 201. The zero-order chi connectivity index (χ0) is 10.5. The maximum absolute atomic E-state index is 10.7. The van der Waals surface area contributed by atoms with E-state index >= 15 is 0 Å². The van der Waals surface area contributed by atoms with Crippen molar-refractivity contribution in [3.63, 3.8) is 0 Å². The van der Waals surface area contributed by atoms with Gasteiger partial charge >= 0.3 is 11.9 Å². The summed E-state index contributed by atoms with van der Waals surface area (Å²) in [6.07, 6.45) is 0.0591. The molecule has 0 spiro atoms. The summed E-state index contributed by atoms with van der Waals surface area (Å²) in [7, 11) is 0. The molecular weight excluding hydrogens is 176 g/mol. The van der Waals surface area contributed by atoms with Crippen molar-refractivity contribution in [3.8, 4) is 0 Å². The molecule has 0 saturated heterocycles. The Morgan fingerprint density at radius 1 is 1.31 bits per heavy atom. The monoisotopic (exact) mass is 190 g/mol. The van der Waals surface area contributed by atoms with Crippen LogP contribution in [0.4, 0.5) is 0 Å².